The molecule has 14 amide bonds. The van der Waals surface area contributed by atoms with Crippen molar-refractivity contribution in [1.29, 1.82) is 5.41 Å². The van der Waals surface area contributed by atoms with E-state index in [-0.39, 0.29) is 63.8 Å². The number of rotatable bonds is 21. The molecule has 1 saturated heterocycles. The van der Waals surface area contributed by atoms with E-state index in [0.29, 0.717) is 44.9 Å². The quantitative estimate of drug-likeness (QED) is 0.0205. The summed E-state index contributed by atoms with van der Waals surface area (Å²) in [5, 5.41) is 55.1. The van der Waals surface area contributed by atoms with E-state index in [1.165, 1.54) is 0 Å². The Bertz CT molecular complexity index is 4370. The summed E-state index contributed by atoms with van der Waals surface area (Å²) in [6.45, 7) is 7.94. The number of benzene rings is 4. The number of thioether (sulfide) groups is 1. The number of nitrogens with two attached hydrogens (primary N) is 4. The Balaban J connectivity index is 1.25. The second-order valence-corrected chi connectivity index (χ2v) is 29.6. The van der Waals surface area contributed by atoms with E-state index >= 15 is 0 Å². The highest BCUT2D eigenvalue weighted by Gasteiger charge is 2.39. The molecule has 4 aromatic carbocycles. The molecule has 0 bridgehead atoms. The van der Waals surface area contributed by atoms with Gasteiger partial charge in [0, 0.05) is 65.8 Å². The van der Waals surface area contributed by atoms with Crippen LogP contribution in [0.25, 0.3) is 32.6 Å². The number of hydrogen-bond acceptors (Lipinski definition) is 18. The summed E-state index contributed by atoms with van der Waals surface area (Å²) in [5.41, 5.74) is 25.9. The highest BCUT2D eigenvalue weighted by Crippen LogP contribution is 2.23. The summed E-state index contributed by atoms with van der Waals surface area (Å²) in [6, 6.07) is 10.0. The lowest BCUT2D eigenvalue weighted by atomic mass is 9.97. The van der Waals surface area contributed by atoms with E-state index < -0.39 is 198 Å². The standard InChI is InChI=1S/C76H104N20O15S/c1-39(2)62-74(110)93-58(65(79)101)37-112-38-61(100)87-53(29-42-24-25-43-16-7-8-17-44(43)28-42)69(105)88-52(23-15-27-82-76(80)81)68(104)92-57(36-97)66(102)85-35-60(99)86-51(22-13-14-26-77)67(103)90-56(32-59(78)98)70(106)89-54(30-45-33-83-49-20-11-9-18-47(45)49)71(107)95-64(41(5)6)75(111)96-63(40(3)4)73(109)91-55(72(108)94-62)31-46-34-84-50-21-12-10-19-48(46)50/h7-12,16-21,24-25,28,33-34,39-41,51-58,62-64,83-84,97H,13-15,22-23,26-27,29-32,35-38,77H2,1-6H3,(H2,78,98)(H2,79,101)(H,85,102)(H,86,99)(H,87,100)(H,88,105)(H,89,106)(H,90,103)(H,91,109)(H,92,104)(H,93,110)(H,94,108)(H,95,107)(H,96,111)(H4,80,81,82)/t51-,52-,53-,54-,55-,56-,57-,58-,62-,63-,64-/m0/s1. The first-order valence-corrected chi connectivity index (χ1v) is 38.2. The van der Waals surface area contributed by atoms with Crippen LogP contribution in [0.1, 0.15) is 96.8 Å². The fourth-order valence-corrected chi connectivity index (χ4v) is 13.5. The molecule has 36 heteroatoms. The Kier molecular flexibility index (Phi) is 33.2. The minimum absolute atomic E-state index is 0.0184. The van der Waals surface area contributed by atoms with Crippen LogP contribution in [-0.2, 0) is 86.4 Å². The van der Waals surface area contributed by atoms with Gasteiger partial charge in [0.15, 0.2) is 5.96 Å². The third kappa shape index (κ3) is 26.0. The molecule has 0 unspecified atom stereocenters. The lowest BCUT2D eigenvalue weighted by molar-refractivity contribution is -0.137. The molecule has 3 heterocycles. The first-order chi connectivity index (χ1) is 53.3. The number of H-pyrrole nitrogens is 2. The smallest absolute Gasteiger partial charge is 0.245 e. The molecule has 2 aromatic heterocycles. The van der Waals surface area contributed by atoms with Gasteiger partial charge in [-0.15, -0.1) is 11.8 Å². The lowest BCUT2D eigenvalue weighted by Gasteiger charge is -2.30. The summed E-state index contributed by atoms with van der Waals surface area (Å²) >= 11 is 0.848. The number of aromatic amines is 2. The molecule has 1 aliphatic rings. The molecule has 7 rings (SSSR count). The van der Waals surface area contributed by atoms with Gasteiger partial charge in [0.1, 0.15) is 66.5 Å². The predicted molar refractivity (Wildman–Crippen MR) is 420 cm³/mol. The monoisotopic (exact) mass is 1570 g/mol. The largest absolute Gasteiger partial charge is 0.394 e. The fourth-order valence-electron chi connectivity index (χ4n) is 12.6. The summed E-state index contributed by atoms with van der Waals surface area (Å²) in [4.78, 5) is 206. The van der Waals surface area contributed by atoms with Gasteiger partial charge in [-0.3, -0.25) is 72.5 Å². The van der Waals surface area contributed by atoms with E-state index in [0.717, 1.165) is 22.5 Å². The normalized spacial score (nSPS) is 22.9. The first-order valence-electron chi connectivity index (χ1n) is 37.1. The van der Waals surface area contributed by atoms with Gasteiger partial charge in [-0.2, -0.15) is 0 Å². The number of para-hydroxylation sites is 2. The Morgan fingerprint density at radius 1 is 0.491 bits per heavy atom. The topological polar surface area (TPSA) is 575 Å². The van der Waals surface area contributed by atoms with Crippen molar-refractivity contribution in [3.8, 4) is 0 Å². The minimum Gasteiger partial charge on any atom is -0.394 e. The van der Waals surface area contributed by atoms with Gasteiger partial charge in [0.05, 0.1) is 25.3 Å². The number of fused-ring (bicyclic) bond motifs is 3. The van der Waals surface area contributed by atoms with Crippen LogP contribution >= 0.6 is 11.8 Å². The third-order valence-electron chi connectivity index (χ3n) is 18.8. The molecule has 35 nitrogen and oxygen atoms in total. The molecule has 112 heavy (non-hydrogen) atoms. The van der Waals surface area contributed by atoms with Crippen molar-refractivity contribution in [3.63, 3.8) is 0 Å². The Morgan fingerprint density at radius 2 is 0.938 bits per heavy atom. The Labute approximate surface area is 651 Å². The average Bonchev–Trinajstić information content (AvgIpc) is 1.60. The number of carbonyl (C=O) groups excluding carboxylic acids is 14. The fraction of sp³-hybridized carbons (Fsp3) is 0.461. The van der Waals surface area contributed by atoms with Gasteiger partial charge < -0.3 is 107 Å². The van der Waals surface area contributed by atoms with Gasteiger partial charge in [0.2, 0.25) is 82.7 Å². The third-order valence-corrected chi connectivity index (χ3v) is 19.8. The maximum absolute atomic E-state index is 15.0. The summed E-state index contributed by atoms with van der Waals surface area (Å²) in [5.74, 6) is -16.7. The average molecular weight is 1570 g/mol. The maximum atomic E-state index is 15.0. The number of hydrogen-bond donors (Lipinski definition) is 21. The summed E-state index contributed by atoms with van der Waals surface area (Å²) in [6.07, 6.45) is 2.11. The summed E-state index contributed by atoms with van der Waals surface area (Å²) in [7, 11) is 0. The Hall–Kier alpha value is -11.7. The molecule has 1 fully saturated rings. The predicted octanol–water partition coefficient (Wildman–Crippen LogP) is -2.26. The molecular weight excluding hydrogens is 1470 g/mol. The van der Waals surface area contributed by atoms with Crippen molar-refractivity contribution in [2.75, 3.05) is 37.7 Å². The van der Waals surface area contributed by atoms with E-state index in [2.05, 4.69) is 79.1 Å². The lowest BCUT2D eigenvalue weighted by Crippen LogP contribution is -2.62. The molecule has 11 atom stereocenters. The van der Waals surface area contributed by atoms with Crippen LogP contribution in [0.4, 0.5) is 0 Å². The maximum Gasteiger partial charge on any atom is 0.245 e. The number of primary amides is 2. The second-order valence-electron chi connectivity index (χ2n) is 28.6. The van der Waals surface area contributed by atoms with E-state index in [1.54, 1.807) is 121 Å². The molecule has 604 valence electrons. The van der Waals surface area contributed by atoms with Crippen molar-refractivity contribution in [2.24, 2.45) is 40.7 Å². The minimum atomic E-state index is -1.83. The highest BCUT2D eigenvalue weighted by molar-refractivity contribution is 8.00. The molecule has 0 radical (unpaired) electrons. The van der Waals surface area contributed by atoms with Crippen molar-refractivity contribution in [1.82, 2.24) is 79.1 Å². The Morgan fingerprint density at radius 3 is 1.48 bits per heavy atom. The number of unbranched alkanes of at least 4 members (excludes halogenated alkanes) is 1. The number of aromatic nitrogens is 2. The van der Waals surface area contributed by atoms with Crippen LogP contribution in [0.5, 0.6) is 0 Å². The molecule has 0 spiro atoms. The molecular formula is C76H104N20O15S. The number of aliphatic hydroxyl groups excluding tert-OH is 1. The molecule has 6 aromatic rings. The zero-order chi connectivity index (χ0) is 81.9. The second kappa shape index (κ2) is 42.5. The van der Waals surface area contributed by atoms with Gasteiger partial charge >= 0.3 is 0 Å². The van der Waals surface area contributed by atoms with Crippen LogP contribution in [0.3, 0.4) is 0 Å². The van der Waals surface area contributed by atoms with E-state index in [4.69, 9.17) is 28.3 Å². The van der Waals surface area contributed by atoms with Crippen LogP contribution in [0.2, 0.25) is 0 Å². The number of guanidine groups is 1. The zero-order valence-electron chi connectivity index (χ0n) is 63.4. The molecule has 0 saturated carbocycles. The SMILES string of the molecule is CC(C)[C@@H]1NC(=O)[C@H](Cc2c[nH]c3ccccc23)NC(=O)[C@H](C(C)C)NC(=O)[C@H](C(C)C)NC(=O)[C@H](Cc2c[nH]c3ccccc23)NC(=O)[C@H](CC(N)=O)NC(=O)[C@H](CCCCN)NC(=O)CNC(=O)[C@H](CO)NC(=O)[C@H](CCCNC(=N)N)NC(=O)[C@H](Cc2ccc3ccccc3c2)NC(=O)CSC[C@@H](C(N)=O)NC1=O. The van der Waals surface area contributed by atoms with E-state index in [9.17, 15) is 72.2 Å². The number of nitrogens with one attached hydrogen (secondary N) is 16. The van der Waals surface area contributed by atoms with Crippen LogP contribution in [-0.4, -0.2) is 208 Å². The van der Waals surface area contributed by atoms with E-state index in [1.807, 2.05) is 24.3 Å². The van der Waals surface area contributed by atoms with Crippen molar-refractivity contribution in [3.05, 3.63) is 120 Å². The van der Waals surface area contributed by atoms with Crippen molar-refractivity contribution >= 4 is 133 Å². The van der Waals surface area contributed by atoms with Gasteiger partial charge in [0.25, 0.3) is 0 Å². The first kappa shape index (κ1) is 87.6. The number of carbonyl (C=O) groups is 14. The molecule has 0 aliphatic carbocycles. The van der Waals surface area contributed by atoms with Gasteiger partial charge in [-0.1, -0.05) is 120 Å². The molecule has 1 aliphatic heterocycles. The van der Waals surface area contributed by atoms with Crippen molar-refractivity contribution in [2.45, 2.75) is 166 Å². The van der Waals surface area contributed by atoms with Crippen LogP contribution in [0.15, 0.2) is 103 Å². The highest BCUT2D eigenvalue weighted by atomic mass is 32.2. The van der Waals surface area contributed by atoms with Crippen LogP contribution < -0.4 is 92.1 Å². The van der Waals surface area contributed by atoms with Crippen LogP contribution in [0, 0.1) is 23.2 Å². The number of amides is 14. The van der Waals surface area contributed by atoms with Gasteiger partial charge in [-0.25, -0.2) is 0 Å². The number of aliphatic hydroxyl groups is 1. The molecule has 25 N–H and O–H groups in total. The van der Waals surface area contributed by atoms with Crippen molar-refractivity contribution < 1.29 is 72.2 Å². The summed E-state index contributed by atoms with van der Waals surface area (Å²) < 4.78 is 0. The zero-order valence-corrected chi connectivity index (χ0v) is 64.2. The van der Waals surface area contributed by atoms with Gasteiger partial charge in [-0.05, 0) is 96.0 Å².